The van der Waals surface area contributed by atoms with Crippen LogP contribution < -0.4 is 30.2 Å². The summed E-state index contributed by atoms with van der Waals surface area (Å²) in [6.45, 7) is 5.58. The molecule has 2 N–H and O–H groups in total. The fourth-order valence-corrected chi connectivity index (χ4v) is 8.30. The van der Waals surface area contributed by atoms with Crippen LogP contribution in [0.3, 0.4) is 0 Å². The predicted octanol–water partition coefficient (Wildman–Crippen LogP) is 6.07. The average molecular weight is 942 g/mol. The van der Waals surface area contributed by atoms with Crippen LogP contribution in [0, 0.1) is 28.6 Å². The van der Waals surface area contributed by atoms with Gasteiger partial charge in [-0.15, -0.1) is 5.06 Å². The zero-order chi connectivity index (χ0) is 48.3. The lowest BCUT2D eigenvalue weighted by Gasteiger charge is -2.33. The van der Waals surface area contributed by atoms with Gasteiger partial charge in [0.1, 0.15) is 23.4 Å². The molecule has 6 rings (SSSR count). The van der Waals surface area contributed by atoms with E-state index in [0.717, 1.165) is 28.8 Å². The molecule has 3 fully saturated rings. The normalized spacial score (nSPS) is 18.1. The summed E-state index contributed by atoms with van der Waals surface area (Å²) in [7, 11) is 0. The first-order valence-electron chi connectivity index (χ1n) is 20.5. The van der Waals surface area contributed by atoms with E-state index in [1.165, 1.54) is 17.0 Å². The zero-order valence-corrected chi connectivity index (χ0v) is 36.3. The number of ether oxygens (including phenoxy) is 1. The molecule has 1 unspecified atom stereocenters. The lowest BCUT2D eigenvalue weighted by Crippen LogP contribution is -2.47. The number of carbonyl (C=O) groups is 5. The van der Waals surface area contributed by atoms with Crippen LogP contribution >= 0.6 is 12.2 Å². The van der Waals surface area contributed by atoms with Crippen LogP contribution in [0.2, 0.25) is 0 Å². The number of nitrogens with one attached hydrogen (secondary N) is 2. The van der Waals surface area contributed by atoms with Gasteiger partial charge in [0, 0.05) is 17.8 Å². The van der Waals surface area contributed by atoms with E-state index < -0.39 is 71.3 Å². The molecule has 1 atom stereocenters. The van der Waals surface area contributed by atoms with Crippen molar-refractivity contribution in [3.63, 3.8) is 0 Å². The van der Waals surface area contributed by atoms with Crippen LogP contribution in [0.25, 0.3) is 0 Å². The summed E-state index contributed by atoms with van der Waals surface area (Å²) in [6.07, 6.45) is -7.05. The summed E-state index contributed by atoms with van der Waals surface area (Å²) in [5.74, 6) is -4.80. The maximum Gasteiger partial charge on any atom is 0.493 e. The minimum atomic E-state index is -5.47. The lowest BCUT2D eigenvalue weighted by molar-refractivity contribution is -0.201. The molecule has 1 aromatic heterocycles. The molecule has 348 valence electrons. The number of imide groups is 1. The van der Waals surface area contributed by atoms with Crippen LogP contribution in [0.1, 0.15) is 75.3 Å². The van der Waals surface area contributed by atoms with Crippen molar-refractivity contribution in [1.82, 2.24) is 15.2 Å². The van der Waals surface area contributed by atoms with Gasteiger partial charge in [-0.1, -0.05) is 6.92 Å². The predicted molar refractivity (Wildman–Crippen MR) is 226 cm³/mol. The number of rotatable bonds is 12. The maximum atomic E-state index is 13.8. The molecule has 2 aromatic carbocycles. The third kappa shape index (κ3) is 10.6. The molecule has 4 amide bonds. The first-order chi connectivity index (χ1) is 31.0. The van der Waals surface area contributed by atoms with Gasteiger partial charge in [0.25, 0.3) is 11.8 Å². The van der Waals surface area contributed by atoms with E-state index in [-0.39, 0.29) is 58.2 Å². The minimum absolute atomic E-state index is 0.00523. The van der Waals surface area contributed by atoms with E-state index in [1.807, 2.05) is 13.0 Å². The van der Waals surface area contributed by atoms with Crippen LogP contribution in [0.5, 0.6) is 5.75 Å². The van der Waals surface area contributed by atoms with E-state index in [4.69, 9.17) is 17.0 Å². The summed E-state index contributed by atoms with van der Waals surface area (Å²) in [6, 6.07) is 11.6. The number of piperidine rings is 2. The molecule has 0 radical (unpaired) electrons. The third-order valence-electron chi connectivity index (χ3n) is 11.2. The van der Waals surface area contributed by atoms with Crippen molar-refractivity contribution >= 4 is 69.7 Å². The number of benzene rings is 2. The van der Waals surface area contributed by atoms with Gasteiger partial charge in [0.15, 0.2) is 10.8 Å². The number of hydroxylamine groups is 1. The van der Waals surface area contributed by atoms with Gasteiger partial charge in [-0.25, -0.2) is 9.78 Å². The summed E-state index contributed by atoms with van der Waals surface area (Å²) >= 11 is 5.65. The van der Waals surface area contributed by atoms with Crippen LogP contribution in [0.15, 0.2) is 48.7 Å². The molecule has 0 spiro atoms. The topological polar surface area (TPSA) is 201 Å². The average Bonchev–Trinajstić information content (AvgIpc) is 3.44. The summed E-state index contributed by atoms with van der Waals surface area (Å²) < 4.78 is 87.6. The number of aromatic nitrogens is 1. The SMILES string of the molecule is CCc1cc(N2C(=S)N(c3cnc(C#N)c(C(F)(F)F)c3)C(=O)C2(C)C)ccc1OCCC1CCN(CC(=O)N(OC(=O)C(F)(F)F)c2cc(C#N)cc(NC3CCC(=O)NC3=O)c2)CC1. The van der Waals surface area contributed by atoms with Crippen molar-refractivity contribution in [2.24, 2.45) is 5.92 Å². The van der Waals surface area contributed by atoms with Gasteiger partial charge in [0.05, 0.1) is 47.9 Å². The first kappa shape index (κ1) is 48.6. The highest BCUT2D eigenvalue weighted by Gasteiger charge is 2.51. The van der Waals surface area contributed by atoms with Crippen LogP contribution in [-0.4, -0.2) is 88.6 Å². The number of nitrogens with zero attached hydrogens (tertiary/aromatic N) is 7. The fraction of sp³-hybridized carbons (Fsp3) is 0.419. The number of amides is 4. The van der Waals surface area contributed by atoms with E-state index in [2.05, 4.69) is 20.5 Å². The molecule has 0 saturated carbocycles. The Kier molecular flexibility index (Phi) is 14.2. The Bertz CT molecular complexity index is 2530. The molecule has 66 heavy (non-hydrogen) atoms. The largest absolute Gasteiger partial charge is 0.493 e. The number of anilines is 4. The van der Waals surface area contributed by atoms with E-state index in [1.54, 1.807) is 36.9 Å². The van der Waals surface area contributed by atoms with Crippen LogP contribution in [0.4, 0.5) is 49.1 Å². The molecule has 3 saturated heterocycles. The van der Waals surface area contributed by atoms with E-state index >= 15 is 0 Å². The second kappa shape index (κ2) is 19.3. The Morgan fingerprint density at radius 2 is 1.71 bits per heavy atom. The molecular weight excluding hydrogens is 901 g/mol. The Balaban J connectivity index is 1.07. The Hall–Kier alpha value is -6.85. The van der Waals surface area contributed by atoms with Crippen molar-refractivity contribution in [3.05, 3.63) is 71.0 Å². The lowest BCUT2D eigenvalue weighted by atomic mass is 9.94. The van der Waals surface area contributed by atoms with E-state index in [9.17, 15) is 60.8 Å². The van der Waals surface area contributed by atoms with Gasteiger partial charge in [-0.2, -0.15) is 36.9 Å². The molecule has 0 aliphatic carbocycles. The second-order valence-electron chi connectivity index (χ2n) is 16.1. The number of thiocarbonyl (C=S) groups is 1. The molecule has 0 bridgehead atoms. The monoisotopic (exact) mass is 941 g/mol. The minimum Gasteiger partial charge on any atom is -0.493 e. The Morgan fingerprint density at radius 1 is 1.00 bits per heavy atom. The number of pyridine rings is 1. The standard InChI is InChI=1S/C43H41F6N9O7S/c1-4-26-17-28(57-40(66)56(38(62)41(57,2)3)30-19-31(42(44,45)46)33(21-51)52-22-30)5-7-34(26)64-14-11-24-9-12-55(13-10-24)23-36(60)58(65-39(63)43(47,48)49)29-16-25(20-50)15-27(18-29)53-32-6-8-35(59)54-37(32)61/h5,7,15-19,22,24,32,53H,4,6,8-14,23H2,1-3H3,(H,54,59,61). The number of likely N-dealkylation sites (tertiary alicyclic amines) is 1. The first-order valence-corrected chi connectivity index (χ1v) is 20.9. The van der Waals surface area contributed by atoms with Gasteiger partial charge in [-0.3, -0.25) is 34.3 Å². The molecule has 3 aliphatic rings. The van der Waals surface area contributed by atoms with Crippen molar-refractivity contribution in [1.29, 1.82) is 10.5 Å². The number of nitriles is 2. The quantitative estimate of drug-likeness (QED) is 0.0917. The Labute approximate surface area is 379 Å². The molecular formula is C43H41F6N9O7S. The third-order valence-corrected chi connectivity index (χ3v) is 11.6. The highest BCUT2D eigenvalue weighted by Crippen LogP contribution is 2.40. The van der Waals surface area contributed by atoms with Gasteiger partial charge < -0.3 is 19.8 Å². The molecule has 3 aromatic rings. The Morgan fingerprint density at radius 3 is 2.33 bits per heavy atom. The van der Waals surface area contributed by atoms with Crippen molar-refractivity contribution in [3.8, 4) is 17.9 Å². The highest BCUT2D eigenvalue weighted by molar-refractivity contribution is 7.81. The molecule has 16 nitrogen and oxygen atoms in total. The number of hydrogen-bond acceptors (Lipinski definition) is 13. The highest BCUT2D eigenvalue weighted by atomic mass is 32.1. The molecule has 3 aliphatic heterocycles. The molecule has 4 heterocycles. The van der Waals surface area contributed by atoms with Gasteiger partial charge in [-0.05, 0) is 125 Å². The molecule has 23 heteroatoms. The summed E-state index contributed by atoms with van der Waals surface area (Å²) in [4.78, 5) is 75.6. The number of hydrogen-bond donors (Lipinski definition) is 2. The summed E-state index contributed by atoms with van der Waals surface area (Å²) in [5, 5.41) is 23.9. The maximum absolute atomic E-state index is 13.8. The number of halogens is 6. The fourth-order valence-electron chi connectivity index (χ4n) is 7.77. The van der Waals surface area contributed by atoms with Gasteiger partial charge >= 0.3 is 18.3 Å². The smallest absolute Gasteiger partial charge is 0.493 e. The van der Waals surface area contributed by atoms with Crippen molar-refractivity contribution < 1.29 is 59.9 Å². The number of aryl methyl sites for hydroxylation is 1. The number of carbonyl (C=O) groups excluding carboxylic acids is 5. The van der Waals surface area contributed by atoms with Crippen molar-refractivity contribution in [2.75, 3.05) is 46.4 Å². The second-order valence-corrected chi connectivity index (χ2v) is 16.5. The number of alkyl halides is 6. The van der Waals surface area contributed by atoms with E-state index in [0.29, 0.717) is 56.3 Å². The van der Waals surface area contributed by atoms with Crippen molar-refractivity contribution in [2.45, 2.75) is 83.2 Å². The van der Waals surface area contributed by atoms with Gasteiger partial charge in [0.2, 0.25) is 11.8 Å². The summed E-state index contributed by atoms with van der Waals surface area (Å²) in [5.41, 5.74) is -2.96. The zero-order valence-electron chi connectivity index (χ0n) is 35.5. The van der Waals surface area contributed by atoms with Crippen LogP contribution in [-0.2, 0) is 41.4 Å².